The topological polar surface area (TPSA) is 70.7 Å². The van der Waals surface area contributed by atoms with Crippen LogP contribution in [0.2, 0.25) is 0 Å². The van der Waals surface area contributed by atoms with Crippen LogP contribution in [0.4, 0.5) is 5.69 Å². The number of benzene rings is 1. The highest BCUT2D eigenvalue weighted by molar-refractivity contribution is 7.80. The van der Waals surface area contributed by atoms with Gasteiger partial charge in [-0.3, -0.25) is 20.4 Å². The number of thiocarbonyl (C=S) groups is 1. The van der Waals surface area contributed by atoms with Gasteiger partial charge in [-0.05, 0) is 24.4 Å². The van der Waals surface area contributed by atoms with Gasteiger partial charge in [0.15, 0.2) is 11.4 Å². The highest BCUT2D eigenvalue weighted by Crippen LogP contribution is 2.10. The number of halogens is 2. The second kappa shape index (κ2) is 8.66. The van der Waals surface area contributed by atoms with Crippen molar-refractivity contribution >= 4 is 58.1 Å². The number of ether oxygens (including phenoxy) is 1. The molecule has 0 aromatic heterocycles. The number of nitrogens with zero attached hydrogens (tertiary/aromatic N) is 1. The maximum Gasteiger partial charge on any atom is 0.276 e. The van der Waals surface area contributed by atoms with E-state index in [4.69, 9.17) is 40.2 Å². The molecule has 0 aliphatic carbocycles. The minimum atomic E-state index is -1.23. The van der Waals surface area contributed by atoms with Crippen molar-refractivity contribution in [2.75, 3.05) is 18.6 Å². The van der Waals surface area contributed by atoms with Crippen molar-refractivity contribution in [3.8, 4) is 0 Å². The maximum atomic E-state index is 11.9. The molecule has 21 heavy (non-hydrogen) atoms. The lowest BCUT2D eigenvalue weighted by Crippen LogP contribution is -2.45. The number of carbonyl (C=O) groups is 2. The monoisotopic (exact) mass is 349 g/mol. The number of hydrogen-bond acceptors (Lipinski definition) is 4. The van der Waals surface area contributed by atoms with Crippen LogP contribution < -0.4 is 15.8 Å². The summed E-state index contributed by atoms with van der Waals surface area (Å²) in [6, 6.07) is 9.06. The van der Waals surface area contributed by atoms with E-state index in [2.05, 4.69) is 10.9 Å². The van der Waals surface area contributed by atoms with Crippen molar-refractivity contribution in [3.05, 3.63) is 30.3 Å². The van der Waals surface area contributed by atoms with E-state index < -0.39 is 10.7 Å². The van der Waals surface area contributed by atoms with Crippen LogP contribution >= 0.6 is 35.4 Å². The SMILES string of the molecule is CN(C(=O)COC(=S)NNC(=O)C(Cl)Cl)c1ccccc1. The molecule has 0 bridgehead atoms. The van der Waals surface area contributed by atoms with Gasteiger partial charge in [0.25, 0.3) is 17.0 Å². The van der Waals surface area contributed by atoms with Crippen LogP contribution in [0.3, 0.4) is 0 Å². The summed E-state index contributed by atoms with van der Waals surface area (Å²) < 4.78 is 5.00. The Bertz CT molecular complexity index is 514. The third-order valence-electron chi connectivity index (χ3n) is 2.33. The molecule has 1 aromatic rings. The predicted octanol–water partition coefficient (Wildman–Crippen LogP) is 1.38. The third-order valence-corrected chi connectivity index (χ3v) is 2.95. The van der Waals surface area contributed by atoms with Gasteiger partial charge in [-0.1, -0.05) is 41.4 Å². The first kappa shape index (κ1) is 17.5. The van der Waals surface area contributed by atoms with E-state index in [9.17, 15) is 9.59 Å². The Morgan fingerprint density at radius 3 is 2.48 bits per heavy atom. The van der Waals surface area contributed by atoms with E-state index in [0.29, 0.717) is 0 Å². The van der Waals surface area contributed by atoms with Crippen LogP contribution in [0.1, 0.15) is 0 Å². The van der Waals surface area contributed by atoms with Crippen molar-refractivity contribution in [2.24, 2.45) is 0 Å². The Hall–Kier alpha value is -1.57. The Labute approximate surface area is 137 Å². The van der Waals surface area contributed by atoms with Gasteiger partial charge in [0.1, 0.15) is 0 Å². The van der Waals surface area contributed by atoms with Gasteiger partial charge in [-0.25, -0.2) is 0 Å². The number of para-hydroxylation sites is 1. The number of likely N-dealkylation sites (N-methyl/N-ethyl adjacent to an activating group) is 1. The third kappa shape index (κ3) is 6.16. The van der Waals surface area contributed by atoms with E-state index >= 15 is 0 Å². The highest BCUT2D eigenvalue weighted by Gasteiger charge is 2.14. The average Bonchev–Trinajstić information content (AvgIpc) is 2.50. The number of hydrazine groups is 1. The first-order valence-corrected chi connectivity index (χ1v) is 7.02. The normalized spacial score (nSPS) is 9.90. The minimum Gasteiger partial charge on any atom is -0.460 e. The lowest BCUT2D eigenvalue weighted by atomic mass is 10.3. The van der Waals surface area contributed by atoms with Gasteiger partial charge >= 0.3 is 0 Å². The van der Waals surface area contributed by atoms with E-state index in [1.165, 1.54) is 4.90 Å². The van der Waals surface area contributed by atoms with Crippen molar-refractivity contribution < 1.29 is 14.3 Å². The van der Waals surface area contributed by atoms with E-state index in [1.54, 1.807) is 19.2 Å². The summed E-state index contributed by atoms with van der Waals surface area (Å²) in [5.41, 5.74) is 5.12. The van der Waals surface area contributed by atoms with Crippen LogP contribution in [0, 0.1) is 0 Å². The average molecular weight is 350 g/mol. The molecule has 0 aliphatic rings. The number of rotatable bonds is 4. The predicted molar refractivity (Wildman–Crippen MR) is 85.2 cm³/mol. The Balaban J connectivity index is 2.36. The molecular weight excluding hydrogens is 337 g/mol. The molecule has 2 N–H and O–H groups in total. The van der Waals surface area contributed by atoms with Gasteiger partial charge in [0.05, 0.1) is 0 Å². The number of amides is 2. The van der Waals surface area contributed by atoms with E-state index in [1.807, 2.05) is 18.2 Å². The Morgan fingerprint density at radius 1 is 1.29 bits per heavy atom. The molecule has 0 fully saturated rings. The number of carbonyl (C=O) groups excluding carboxylic acids is 2. The fraction of sp³-hybridized carbons (Fsp3) is 0.250. The standard InChI is InChI=1S/C12H13Cl2N3O3S/c1-17(8-5-3-2-4-6-8)9(18)7-20-12(21)16-15-11(19)10(13)14/h2-6,10H,7H2,1H3,(H,15,19)(H,16,21). The summed E-state index contributed by atoms with van der Waals surface area (Å²) in [6.07, 6.45) is 0. The molecule has 0 aliphatic heterocycles. The molecular formula is C12H13Cl2N3O3S. The second-order valence-corrected chi connectivity index (χ2v) is 5.25. The maximum absolute atomic E-state index is 11.9. The summed E-state index contributed by atoms with van der Waals surface area (Å²) in [5.74, 6) is -0.985. The van der Waals surface area contributed by atoms with Gasteiger partial charge in [0, 0.05) is 12.7 Å². The lowest BCUT2D eigenvalue weighted by Gasteiger charge is -2.18. The van der Waals surface area contributed by atoms with Gasteiger partial charge in [-0.2, -0.15) is 0 Å². The molecule has 0 saturated carbocycles. The molecule has 0 spiro atoms. The van der Waals surface area contributed by atoms with E-state index in [-0.39, 0.29) is 17.7 Å². The number of hydrogen-bond donors (Lipinski definition) is 2. The first-order chi connectivity index (χ1) is 9.91. The minimum absolute atomic E-state index is 0.174. The molecule has 0 heterocycles. The van der Waals surface area contributed by atoms with Crippen molar-refractivity contribution in [2.45, 2.75) is 4.84 Å². The smallest absolute Gasteiger partial charge is 0.276 e. The van der Waals surface area contributed by atoms with Gasteiger partial charge < -0.3 is 9.64 Å². The zero-order chi connectivity index (χ0) is 15.8. The summed E-state index contributed by atoms with van der Waals surface area (Å²) in [5, 5.41) is -0.174. The van der Waals surface area contributed by atoms with E-state index in [0.717, 1.165) is 5.69 Å². The quantitative estimate of drug-likeness (QED) is 0.488. The molecule has 0 atom stereocenters. The molecule has 0 unspecified atom stereocenters. The lowest BCUT2D eigenvalue weighted by molar-refractivity contribution is -0.120. The molecule has 0 saturated heterocycles. The summed E-state index contributed by atoms with van der Waals surface area (Å²) in [4.78, 5) is 23.1. The number of anilines is 1. The number of alkyl halides is 2. The van der Waals surface area contributed by atoms with Crippen molar-refractivity contribution in [1.29, 1.82) is 0 Å². The molecule has 1 rings (SSSR count). The molecule has 114 valence electrons. The van der Waals surface area contributed by atoms with Crippen LogP contribution in [-0.2, 0) is 14.3 Å². The number of nitrogens with one attached hydrogen (secondary N) is 2. The summed E-state index contributed by atoms with van der Waals surface area (Å²) >= 11 is 15.4. The van der Waals surface area contributed by atoms with Crippen LogP contribution in [0.15, 0.2) is 30.3 Å². The molecule has 0 radical (unpaired) electrons. The highest BCUT2D eigenvalue weighted by atomic mass is 35.5. The zero-order valence-corrected chi connectivity index (χ0v) is 13.3. The molecule has 9 heteroatoms. The Kier molecular flexibility index (Phi) is 7.21. The molecule has 6 nitrogen and oxygen atoms in total. The molecule has 2 amide bonds. The first-order valence-electron chi connectivity index (χ1n) is 5.74. The van der Waals surface area contributed by atoms with Gasteiger partial charge in [-0.15, -0.1) is 0 Å². The fourth-order valence-electron chi connectivity index (χ4n) is 1.22. The Morgan fingerprint density at radius 2 is 1.90 bits per heavy atom. The van der Waals surface area contributed by atoms with Crippen LogP contribution in [-0.4, -0.2) is 35.5 Å². The summed E-state index contributed by atoms with van der Waals surface area (Å²) in [7, 11) is 1.62. The fourth-order valence-corrected chi connectivity index (χ4v) is 1.44. The molecule has 1 aromatic carbocycles. The summed E-state index contributed by atoms with van der Waals surface area (Å²) in [6.45, 7) is -0.279. The van der Waals surface area contributed by atoms with Crippen LogP contribution in [0.5, 0.6) is 0 Å². The second-order valence-electron chi connectivity index (χ2n) is 3.78. The zero-order valence-electron chi connectivity index (χ0n) is 11.0. The van der Waals surface area contributed by atoms with Crippen molar-refractivity contribution in [3.63, 3.8) is 0 Å². The van der Waals surface area contributed by atoms with Crippen LogP contribution in [0.25, 0.3) is 0 Å². The largest absolute Gasteiger partial charge is 0.460 e. The van der Waals surface area contributed by atoms with Gasteiger partial charge in [0.2, 0.25) is 0 Å². The van der Waals surface area contributed by atoms with Crippen molar-refractivity contribution in [1.82, 2.24) is 10.9 Å².